The first-order chi connectivity index (χ1) is 7.27. The highest BCUT2D eigenvalue weighted by atomic mass is 32.2. The van der Waals surface area contributed by atoms with Crippen LogP contribution in [0.3, 0.4) is 0 Å². The first kappa shape index (κ1) is 14.0. The lowest BCUT2D eigenvalue weighted by Gasteiger charge is -2.44. The van der Waals surface area contributed by atoms with Crippen LogP contribution in [0.5, 0.6) is 0 Å². The van der Waals surface area contributed by atoms with Crippen LogP contribution in [0.25, 0.3) is 0 Å². The number of rotatable bonds is 6. The number of hydrogen-bond acceptors (Lipinski definition) is 3. The van der Waals surface area contributed by atoms with E-state index in [0.717, 1.165) is 25.9 Å². The average molecular weight is 247 g/mol. The summed E-state index contributed by atoms with van der Waals surface area (Å²) in [4.78, 5) is 0. The van der Waals surface area contributed by atoms with Crippen molar-refractivity contribution in [2.24, 2.45) is 11.3 Å². The summed E-state index contributed by atoms with van der Waals surface area (Å²) in [5.74, 6) is 0.989. The van der Waals surface area contributed by atoms with Crippen LogP contribution in [0, 0.1) is 11.3 Å². The summed E-state index contributed by atoms with van der Waals surface area (Å²) in [7, 11) is -2.87. The summed E-state index contributed by atoms with van der Waals surface area (Å²) < 4.78 is 23.6. The Labute approximate surface area is 99.9 Å². The first-order valence-corrected chi connectivity index (χ1v) is 7.91. The second kappa shape index (κ2) is 5.05. The molecule has 1 heterocycles. The molecule has 0 radical (unpaired) electrons. The summed E-state index contributed by atoms with van der Waals surface area (Å²) in [6.07, 6.45) is 1.95. The third-order valence-corrected chi connectivity index (χ3v) is 5.69. The first-order valence-electron chi connectivity index (χ1n) is 6.20. The lowest BCUT2D eigenvalue weighted by molar-refractivity contribution is 0.126. The van der Waals surface area contributed by atoms with Crippen molar-refractivity contribution in [3.63, 3.8) is 0 Å². The van der Waals surface area contributed by atoms with Crippen LogP contribution < -0.4 is 5.32 Å². The summed E-state index contributed by atoms with van der Waals surface area (Å²) in [5.41, 5.74) is 0.246. The molecule has 0 saturated carbocycles. The van der Waals surface area contributed by atoms with Crippen LogP contribution in [0.1, 0.15) is 40.5 Å². The quantitative estimate of drug-likeness (QED) is 0.779. The van der Waals surface area contributed by atoms with Gasteiger partial charge in [-0.15, -0.1) is 0 Å². The summed E-state index contributed by atoms with van der Waals surface area (Å²) >= 11 is 0. The van der Waals surface area contributed by atoms with Gasteiger partial charge in [-0.2, -0.15) is 0 Å². The zero-order chi connectivity index (χ0) is 12.4. The molecule has 3 nitrogen and oxygen atoms in total. The molecule has 0 atom stereocenters. The van der Waals surface area contributed by atoms with Gasteiger partial charge in [-0.3, -0.25) is 0 Å². The van der Waals surface area contributed by atoms with E-state index in [2.05, 4.69) is 19.2 Å². The fraction of sp³-hybridized carbons (Fsp3) is 1.00. The van der Waals surface area contributed by atoms with E-state index in [1.54, 1.807) is 13.8 Å². The molecule has 0 aromatic rings. The Morgan fingerprint density at radius 2 is 1.75 bits per heavy atom. The standard InChI is InChI=1S/C12H25NO2S/c1-10(2)7-12(8-13-9-12)5-6-16(14,15)11(3)4/h10-11,13H,5-9H2,1-4H3. The second-order valence-corrected chi connectivity index (χ2v) is 8.54. The van der Waals surface area contributed by atoms with Crippen LogP contribution in [-0.2, 0) is 9.84 Å². The van der Waals surface area contributed by atoms with Gasteiger partial charge in [0.25, 0.3) is 0 Å². The summed E-state index contributed by atoms with van der Waals surface area (Å²) in [6, 6.07) is 0. The molecule has 0 aliphatic carbocycles. The molecule has 1 rings (SSSR count). The second-order valence-electron chi connectivity index (χ2n) is 5.87. The highest BCUT2D eigenvalue weighted by Crippen LogP contribution is 2.35. The molecule has 96 valence electrons. The molecule has 1 N–H and O–H groups in total. The largest absolute Gasteiger partial charge is 0.316 e. The van der Waals surface area contributed by atoms with Crippen molar-refractivity contribution < 1.29 is 8.42 Å². The zero-order valence-corrected chi connectivity index (χ0v) is 11.7. The monoisotopic (exact) mass is 247 g/mol. The number of nitrogens with one attached hydrogen (secondary N) is 1. The molecule has 0 aromatic carbocycles. The van der Waals surface area contributed by atoms with Crippen LogP contribution in [0.15, 0.2) is 0 Å². The number of sulfone groups is 1. The predicted octanol–water partition coefficient (Wildman–Crippen LogP) is 1.84. The van der Waals surface area contributed by atoms with E-state index in [1.807, 2.05) is 0 Å². The number of hydrogen-bond donors (Lipinski definition) is 1. The minimum atomic E-state index is -2.87. The van der Waals surface area contributed by atoms with E-state index in [4.69, 9.17) is 0 Å². The van der Waals surface area contributed by atoms with E-state index in [0.29, 0.717) is 11.7 Å². The zero-order valence-electron chi connectivity index (χ0n) is 10.9. The van der Waals surface area contributed by atoms with Crippen LogP contribution in [-0.4, -0.2) is 32.5 Å². The Balaban J connectivity index is 2.52. The molecule has 1 fully saturated rings. The molecule has 0 amide bonds. The highest BCUT2D eigenvalue weighted by Gasteiger charge is 2.38. The van der Waals surface area contributed by atoms with Crippen molar-refractivity contribution in [1.29, 1.82) is 0 Å². The molecule has 0 aromatic heterocycles. The van der Waals surface area contributed by atoms with Crippen molar-refractivity contribution in [1.82, 2.24) is 5.32 Å². The lowest BCUT2D eigenvalue weighted by Crippen LogP contribution is -2.54. The van der Waals surface area contributed by atoms with Crippen LogP contribution in [0.2, 0.25) is 0 Å². The van der Waals surface area contributed by atoms with Crippen molar-refractivity contribution >= 4 is 9.84 Å². The molecular weight excluding hydrogens is 222 g/mol. The molecule has 16 heavy (non-hydrogen) atoms. The van der Waals surface area contributed by atoms with E-state index in [-0.39, 0.29) is 10.7 Å². The minimum Gasteiger partial charge on any atom is -0.316 e. The molecule has 0 bridgehead atoms. The molecule has 1 aliphatic heterocycles. The Morgan fingerprint density at radius 3 is 2.06 bits per heavy atom. The normalized spacial score (nSPS) is 20.1. The maximum atomic E-state index is 11.8. The Morgan fingerprint density at radius 1 is 1.19 bits per heavy atom. The minimum absolute atomic E-state index is 0.239. The van der Waals surface area contributed by atoms with Gasteiger partial charge in [0.05, 0.1) is 11.0 Å². The third-order valence-electron chi connectivity index (χ3n) is 3.48. The van der Waals surface area contributed by atoms with Gasteiger partial charge >= 0.3 is 0 Å². The van der Waals surface area contributed by atoms with Crippen molar-refractivity contribution in [2.75, 3.05) is 18.8 Å². The fourth-order valence-electron chi connectivity index (χ4n) is 2.36. The predicted molar refractivity (Wildman–Crippen MR) is 68.3 cm³/mol. The molecule has 4 heteroatoms. The molecular formula is C12H25NO2S. The summed E-state index contributed by atoms with van der Waals surface area (Å²) in [5, 5.41) is 3.04. The van der Waals surface area contributed by atoms with E-state index >= 15 is 0 Å². The Kier molecular flexibility index (Phi) is 4.41. The Hall–Kier alpha value is -0.0900. The van der Waals surface area contributed by atoms with Crippen molar-refractivity contribution in [2.45, 2.75) is 45.8 Å². The van der Waals surface area contributed by atoms with Crippen molar-refractivity contribution in [3.05, 3.63) is 0 Å². The van der Waals surface area contributed by atoms with Gasteiger partial charge in [0.15, 0.2) is 9.84 Å². The van der Waals surface area contributed by atoms with Gasteiger partial charge in [-0.25, -0.2) is 8.42 Å². The average Bonchev–Trinajstić information content (AvgIpc) is 2.08. The maximum absolute atomic E-state index is 11.8. The van der Waals surface area contributed by atoms with Gasteiger partial charge in [-0.05, 0) is 38.0 Å². The molecule has 1 saturated heterocycles. The van der Waals surface area contributed by atoms with Gasteiger partial charge in [0, 0.05) is 13.1 Å². The fourth-order valence-corrected chi connectivity index (χ4v) is 3.55. The molecule has 0 spiro atoms. The van der Waals surface area contributed by atoms with Gasteiger partial charge < -0.3 is 5.32 Å². The Bertz CT molecular complexity index is 316. The topological polar surface area (TPSA) is 46.2 Å². The van der Waals surface area contributed by atoms with Crippen molar-refractivity contribution in [3.8, 4) is 0 Å². The van der Waals surface area contributed by atoms with Gasteiger partial charge in [0.2, 0.25) is 0 Å². The smallest absolute Gasteiger partial charge is 0.152 e. The molecule has 0 unspecified atom stereocenters. The summed E-state index contributed by atoms with van der Waals surface area (Å²) in [6.45, 7) is 9.92. The van der Waals surface area contributed by atoms with E-state index in [1.165, 1.54) is 0 Å². The SMILES string of the molecule is CC(C)CC1(CCS(=O)(=O)C(C)C)CNC1. The van der Waals surface area contributed by atoms with Crippen LogP contribution >= 0.6 is 0 Å². The van der Waals surface area contributed by atoms with E-state index < -0.39 is 9.84 Å². The third kappa shape index (κ3) is 3.45. The van der Waals surface area contributed by atoms with Gasteiger partial charge in [-0.1, -0.05) is 13.8 Å². The van der Waals surface area contributed by atoms with Gasteiger partial charge in [0.1, 0.15) is 0 Å². The lowest BCUT2D eigenvalue weighted by atomic mass is 9.73. The molecule has 1 aliphatic rings. The highest BCUT2D eigenvalue weighted by molar-refractivity contribution is 7.91. The van der Waals surface area contributed by atoms with E-state index in [9.17, 15) is 8.42 Å². The van der Waals surface area contributed by atoms with Crippen LogP contribution in [0.4, 0.5) is 0 Å². The maximum Gasteiger partial charge on any atom is 0.152 e.